The number of nitro groups is 1. The zero-order valence-corrected chi connectivity index (χ0v) is 15.5. The molecule has 0 saturated carbocycles. The van der Waals surface area contributed by atoms with E-state index in [0.717, 1.165) is 6.07 Å². The van der Waals surface area contributed by atoms with Gasteiger partial charge in [-0.15, -0.1) is 5.10 Å². The molecule has 0 aliphatic heterocycles. The van der Waals surface area contributed by atoms with Crippen LogP contribution in [0.5, 0.6) is 0 Å². The van der Waals surface area contributed by atoms with E-state index in [0.29, 0.717) is 12.0 Å². The number of hydrogen-bond donors (Lipinski definition) is 1. The van der Waals surface area contributed by atoms with E-state index in [-0.39, 0.29) is 28.4 Å². The largest absolute Gasteiger partial charge is 0.462 e. The molecular formula is C16H14N6O6S. The number of sulfonamides is 1. The maximum Gasteiger partial charge on any atom is 0.340 e. The summed E-state index contributed by atoms with van der Waals surface area (Å²) >= 11 is 0. The maximum atomic E-state index is 12.5. The van der Waals surface area contributed by atoms with E-state index in [9.17, 15) is 23.3 Å². The number of nitro benzene ring substituents is 1. The molecule has 2 aromatic carbocycles. The van der Waals surface area contributed by atoms with Crippen LogP contribution < -0.4 is 5.14 Å². The number of non-ortho nitro benzene ring substituents is 1. The van der Waals surface area contributed by atoms with Gasteiger partial charge >= 0.3 is 5.97 Å². The van der Waals surface area contributed by atoms with E-state index in [1.165, 1.54) is 35.3 Å². The highest BCUT2D eigenvalue weighted by Crippen LogP contribution is 2.21. The predicted octanol–water partition coefficient (Wildman–Crippen LogP) is 0.617. The van der Waals surface area contributed by atoms with Crippen LogP contribution in [0, 0.1) is 10.1 Å². The molecule has 1 heterocycles. The van der Waals surface area contributed by atoms with Gasteiger partial charge in [0.1, 0.15) is 6.33 Å². The highest BCUT2D eigenvalue weighted by Gasteiger charge is 2.20. The Morgan fingerprint density at radius 3 is 2.52 bits per heavy atom. The Hall–Kier alpha value is -3.71. The van der Waals surface area contributed by atoms with Crippen molar-refractivity contribution >= 4 is 21.7 Å². The Labute approximate surface area is 164 Å². The van der Waals surface area contributed by atoms with Gasteiger partial charge in [-0.25, -0.2) is 18.4 Å². The lowest BCUT2D eigenvalue weighted by atomic mass is 10.1. The van der Waals surface area contributed by atoms with Crippen LogP contribution in [-0.4, -0.2) is 46.1 Å². The first-order valence-electron chi connectivity index (χ1n) is 8.06. The molecule has 0 fully saturated rings. The standard InChI is InChI=1S/C16H14N6O6S/c17-29(26,27)13-4-1-11(2-5-13)7-8-28-16(23)14-9-12(22(24)25)3-6-15(14)21-10-18-19-20-21/h1-6,9-10H,7-8H2,(H2,17,26,27). The number of tetrazole rings is 1. The van der Waals surface area contributed by atoms with E-state index >= 15 is 0 Å². The molecule has 0 unspecified atom stereocenters. The van der Waals surface area contributed by atoms with Gasteiger partial charge in [0.05, 0.1) is 27.7 Å². The molecule has 3 rings (SSSR count). The van der Waals surface area contributed by atoms with Crippen LogP contribution in [0.2, 0.25) is 0 Å². The van der Waals surface area contributed by atoms with Crippen LogP contribution in [-0.2, 0) is 21.2 Å². The van der Waals surface area contributed by atoms with Gasteiger partial charge < -0.3 is 4.74 Å². The highest BCUT2D eigenvalue weighted by atomic mass is 32.2. The predicted molar refractivity (Wildman–Crippen MR) is 97.6 cm³/mol. The average molecular weight is 418 g/mol. The fraction of sp³-hybridized carbons (Fsp3) is 0.125. The molecule has 150 valence electrons. The summed E-state index contributed by atoms with van der Waals surface area (Å²) in [7, 11) is -3.79. The fourth-order valence-corrected chi connectivity index (χ4v) is 2.97. The Kier molecular flexibility index (Phi) is 5.61. The van der Waals surface area contributed by atoms with Crippen molar-refractivity contribution in [1.29, 1.82) is 0 Å². The first-order valence-corrected chi connectivity index (χ1v) is 9.61. The van der Waals surface area contributed by atoms with Crippen molar-refractivity contribution in [2.75, 3.05) is 6.61 Å². The zero-order chi connectivity index (χ0) is 21.0. The van der Waals surface area contributed by atoms with Crippen molar-refractivity contribution in [2.24, 2.45) is 5.14 Å². The molecule has 0 radical (unpaired) electrons. The minimum Gasteiger partial charge on any atom is -0.462 e. The SMILES string of the molecule is NS(=O)(=O)c1ccc(CCOC(=O)c2cc([N+](=O)[O-])ccc2-n2cnnn2)cc1. The average Bonchev–Trinajstić information content (AvgIpc) is 3.21. The minimum absolute atomic E-state index is 0.0269. The van der Waals surface area contributed by atoms with E-state index in [4.69, 9.17) is 9.88 Å². The molecule has 2 N–H and O–H groups in total. The number of ether oxygens (including phenoxy) is 1. The molecule has 0 bridgehead atoms. The maximum absolute atomic E-state index is 12.5. The van der Waals surface area contributed by atoms with Crippen LogP contribution in [0.25, 0.3) is 5.69 Å². The number of benzene rings is 2. The summed E-state index contributed by atoms with van der Waals surface area (Å²) in [6, 6.07) is 9.45. The number of nitrogens with two attached hydrogens (primary N) is 1. The van der Waals surface area contributed by atoms with Gasteiger partial charge in [0.2, 0.25) is 10.0 Å². The van der Waals surface area contributed by atoms with Crippen molar-refractivity contribution in [2.45, 2.75) is 11.3 Å². The number of aromatic nitrogens is 4. The normalized spacial score (nSPS) is 11.2. The number of carbonyl (C=O) groups is 1. The van der Waals surface area contributed by atoms with E-state index in [1.54, 1.807) is 12.1 Å². The summed E-state index contributed by atoms with van der Waals surface area (Å²) in [5.41, 5.74) is 0.580. The van der Waals surface area contributed by atoms with Gasteiger partial charge in [0.25, 0.3) is 5.69 Å². The summed E-state index contributed by atoms with van der Waals surface area (Å²) in [4.78, 5) is 22.9. The fourth-order valence-electron chi connectivity index (χ4n) is 2.46. The third kappa shape index (κ3) is 4.77. The smallest absolute Gasteiger partial charge is 0.340 e. The monoisotopic (exact) mass is 418 g/mol. The van der Waals surface area contributed by atoms with Gasteiger partial charge in [-0.2, -0.15) is 4.68 Å². The molecule has 0 amide bonds. The second-order valence-electron chi connectivity index (χ2n) is 5.79. The molecule has 0 saturated heterocycles. The summed E-state index contributed by atoms with van der Waals surface area (Å²) < 4.78 is 28.9. The first kappa shape index (κ1) is 20.0. The Bertz CT molecular complexity index is 1150. The zero-order valence-electron chi connectivity index (χ0n) is 14.7. The number of rotatable bonds is 7. The van der Waals surface area contributed by atoms with Gasteiger partial charge in [-0.05, 0) is 34.2 Å². The molecule has 0 atom stereocenters. The number of carbonyl (C=O) groups excluding carboxylic acids is 1. The third-order valence-corrected chi connectivity index (χ3v) is 4.81. The van der Waals surface area contributed by atoms with Gasteiger partial charge in [0, 0.05) is 18.6 Å². The Morgan fingerprint density at radius 2 is 1.93 bits per heavy atom. The molecule has 0 spiro atoms. The summed E-state index contributed by atoms with van der Waals surface area (Å²) in [5, 5.41) is 26.7. The Morgan fingerprint density at radius 1 is 1.21 bits per heavy atom. The van der Waals surface area contributed by atoms with Crippen molar-refractivity contribution in [3.05, 3.63) is 70.0 Å². The van der Waals surface area contributed by atoms with Gasteiger partial charge in [0.15, 0.2) is 0 Å². The molecule has 12 nitrogen and oxygen atoms in total. The van der Waals surface area contributed by atoms with Gasteiger partial charge in [-0.3, -0.25) is 10.1 Å². The lowest BCUT2D eigenvalue weighted by Gasteiger charge is -2.09. The summed E-state index contributed by atoms with van der Waals surface area (Å²) in [5.74, 6) is -0.791. The van der Waals surface area contributed by atoms with Crippen molar-refractivity contribution < 1.29 is 22.9 Å². The molecule has 0 aliphatic carbocycles. The quantitative estimate of drug-likeness (QED) is 0.327. The minimum atomic E-state index is -3.79. The molecule has 29 heavy (non-hydrogen) atoms. The topological polar surface area (TPSA) is 173 Å². The summed E-state index contributed by atoms with van der Waals surface area (Å²) in [6.07, 6.45) is 1.54. The van der Waals surface area contributed by atoms with Crippen LogP contribution in [0.1, 0.15) is 15.9 Å². The van der Waals surface area contributed by atoms with Crippen molar-refractivity contribution in [3.63, 3.8) is 0 Å². The third-order valence-electron chi connectivity index (χ3n) is 3.88. The molecule has 1 aromatic heterocycles. The Balaban J connectivity index is 1.73. The van der Waals surface area contributed by atoms with Crippen LogP contribution in [0.3, 0.4) is 0 Å². The highest BCUT2D eigenvalue weighted by molar-refractivity contribution is 7.89. The molecule has 13 heteroatoms. The van der Waals surface area contributed by atoms with E-state index < -0.39 is 20.9 Å². The lowest BCUT2D eigenvalue weighted by Crippen LogP contribution is -2.13. The number of esters is 1. The van der Waals surface area contributed by atoms with Crippen molar-refractivity contribution in [1.82, 2.24) is 20.2 Å². The number of hydrogen-bond acceptors (Lipinski definition) is 9. The second kappa shape index (κ2) is 8.12. The first-order chi connectivity index (χ1) is 13.8. The van der Waals surface area contributed by atoms with Gasteiger partial charge in [-0.1, -0.05) is 12.1 Å². The van der Waals surface area contributed by atoms with E-state index in [1.807, 2.05) is 0 Å². The molecule has 3 aromatic rings. The van der Waals surface area contributed by atoms with Crippen LogP contribution in [0.4, 0.5) is 5.69 Å². The van der Waals surface area contributed by atoms with Crippen LogP contribution in [0.15, 0.2) is 53.7 Å². The second-order valence-corrected chi connectivity index (χ2v) is 7.35. The van der Waals surface area contributed by atoms with Crippen LogP contribution >= 0.6 is 0 Å². The van der Waals surface area contributed by atoms with Crippen molar-refractivity contribution in [3.8, 4) is 5.69 Å². The van der Waals surface area contributed by atoms with E-state index in [2.05, 4.69) is 15.5 Å². The number of nitrogens with zero attached hydrogens (tertiary/aromatic N) is 5. The number of primary sulfonamides is 1. The summed E-state index contributed by atoms with van der Waals surface area (Å²) in [6.45, 7) is -0.0364. The molecule has 0 aliphatic rings. The molecular weight excluding hydrogens is 404 g/mol. The lowest BCUT2D eigenvalue weighted by molar-refractivity contribution is -0.384.